The van der Waals surface area contributed by atoms with E-state index in [9.17, 15) is 4.79 Å². The van der Waals surface area contributed by atoms with E-state index < -0.39 is 0 Å². The summed E-state index contributed by atoms with van der Waals surface area (Å²) in [5.74, 6) is 0.459. The van der Waals surface area contributed by atoms with Gasteiger partial charge in [0.25, 0.3) is 5.56 Å². The lowest BCUT2D eigenvalue weighted by atomic mass is 10.5. The number of hydrogen-bond acceptors (Lipinski definition) is 3. The quantitative estimate of drug-likeness (QED) is 0.679. The van der Waals surface area contributed by atoms with E-state index in [4.69, 9.17) is 0 Å². The summed E-state index contributed by atoms with van der Waals surface area (Å²) < 4.78 is 1.69. The van der Waals surface area contributed by atoms with Crippen LogP contribution in [0.1, 0.15) is 5.82 Å². The van der Waals surface area contributed by atoms with Crippen molar-refractivity contribution in [3.8, 4) is 0 Å². The average molecular weight is 176 g/mol. The standard InChI is InChI=1S/C8H8N4O/c1-3-5-10-7-6(8(13)11-5)9-4-12(7)2/h3-4H,1H2,2H3,(H,10,11,13). The number of nitrogens with zero attached hydrogens (tertiary/aromatic N) is 3. The maximum absolute atomic E-state index is 11.4. The zero-order chi connectivity index (χ0) is 9.42. The lowest BCUT2D eigenvalue weighted by Gasteiger charge is -1.94. The summed E-state index contributed by atoms with van der Waals surface area (Å²) in [6.45, 7) is 3.53. The number of rotatable bonds is 1. The molecule has 0 amide bonds. The molecule has 2 aromatic heterocycles. The molecular weight excluding hydrogens is 168 g/mol. The Morgan fingerprint density at radius 2 is 2.46 bits per heavy atom. The van der Waals surface area contributed by atoms with Crippen molar-refractivity contribution in [1.29, 1.82) is 0 Å². The molecule has 0 spiro atoms. The summed E-state index contributed by atoms with van der Waals surface area (Å²) in [7, 11) is 1.79. The summed E-state index contributed by atoms with van der Waals surface area (Å²) in [6.07, 6.45) is 3.05. The second kappa shape index (κ2) is 2.55. The highest BCUT2D eigenvalue weighted by atomic mass is 16.1. The van der Waals surface area contributed by atoms with Crippen molar-refractivity contribution in [3.63, 3.8) is 0 Å². The third kappa shape index (κ3) is 1.05. The average Bonchev–Trinajstić information content (AvgIpc) is 2.48. The number of imidazole rings is 1. The molecule has 5 heteroatoms. The molecule has 0 saturated carbocycles. The van der Waals surface area contributed by atoms with Gasteiger partial charge in [-0.05, 0) is 6.08 Å². The molecule has 0 aliphatic heterocycles. The van der Waals surface area contributed by atoms with E-state index in [-0.39, 0.29) is 5.56 Å². The molecule has 1 N–H and O–H groups in total. The van der Waals surface area contributed by atoms with E-state index in [0.29, 0.717) is 17.0 Å². The van der Waals surface area contributed by atoms with Gasteiger partial charge in [0.1, 0.15) is 5.82 Å². The van der Waals surface area contributed by atoms with Gasteiger partial charge in [-0.25, -0.2) is 9.97 Å². The summed E-state index contributed by atoms with van der Waals surface area (Å²) in [6, 6.07) is 0. The van der Waals surface area contributed by atoms with E-state index in [1.165, 1.54) is 6.08 Å². The molecular formula is C8H8N4O. The second-order valence-corrected chi connectivity index (χ2v) is 2.68. The fourth-order valence-corrected chi connectivity index (χ4v) is 1.13. The Bertz CT molecular complexity index is 522. The van der Waals surface area contributed by atoms with Crippen molar-refractivity contribution in [3.05, 3.63) is 29.1 Å². The van der Waals surface area contributed by atoms with Gasteiger partial charge in [0.05, 0.1) is 6.33 Å². The fraction of sp³-hybridized carbons (Fsp3) is 0.125. The highest BCUT2D eigenvalue weighted by Crippen LogP contribution is 2.02. The minimum atomic E-state index is -0.236. The minimum Gasteiger partial charge on any atom is -0.318 e. The van der Waals surface area contributed by atoms with Crippen LogP contribution in [0.2, 0.25) is 0 Å². The molecule has 0 aliphatic rings. The van der Waals surface area contributed by atoms with Crippen molar-refractivity contribution in [2.75, 3.05) is 0 Å². The molecule has 5 nitrogen and oxygen atoms in total. The SMILES string of the molecule is C=Cc1nc2c(ncn2C)c(=O)[nH]1. The van der Waals surface area contributed by atoms with Crippen LogP contribution in [-0.2, 0) is 7.05 Å². The largest absolute Gasteiger partial charge is 0.318 e. The Hall–Kier alpha value is -1.91. The summed E-state index contributed by atoms with van der Waals surface area (Å²) >= 11 is 0. The number of aryl methyl sites for hydroxylation is 1. The fourth-order valence-electron chi connectivity index (χ4n) is 1.13. The lowest BCUT2D eigenvalue weighted by molar-refractivity contribution is 0.925. The Balaban J connectivity index is 2.96. The van der Waals surface area contributed by atoms with Crippen molar-refractivity contribution in [2.45, 2.75) is 0 Å². The number of fused-ring (bicyclic) bond motifs is 1. The molecule has 0 fully saturated rings. The van der Waals surface area contributed by atoms with Gasteiger partial charge in [0.15, 0.2) is 11.2 Å². The normalized spacial score (nSPS) is 10.5. The van der Waals surface area contributed by atoms with Gasteiger partial charge in [-0.2, -0.15) is 0 Å². The van der Waals surface area contributed by atoms with Crippen LogP contribution < -0.4 is 5.56 Å². The third-order valence-corrected chi connectivity index (χ3v) is 1.78. The molecule has 0 radical (unpaired) electrons. The van der Waals surface area contributed by atoms with Crippen LogP contribution in [0.3, 0.4) is 0 Å². The Kier molecular flexibility index (Phi) is 1.51. The van der Waals surface area contributed by atoms with Crippen LogP contribution in [0.5, 0.6) is 0 Å². The van der Waals surface area contributed by atoms with Gasteiger partial charge in [-0.15, -0.1) is 0 Å². The van der Waals surface area contributed by atoms with Crippen molar-refractivity contribution < 1.29 is 0 Å². The van der Waals surface area contributed by atoms with Crippen LogP contribution in [0.4, 0.5) is 0 Å². The first kappa shape index (κ1) is 7.72. The number of H-pyrrole nitrogens is 1. The molecule has 2 rings (SSSR count). The van der Waals surface area contributed by atoms with E-state index in [2.05, 4.69) is 21.5 Å². The number of hydrogen-bond donors (Lipinski definition) is 1. The topological polar surface area (TPSA) is 63.6 Å². The molecule has 0 unspecified atom stereocenters. The summed E-state index contributed by atoms with van der Waals surface area (Å²) in [4.78, 5) is 22.0. The molecule has 66 valence electrons. The maximum Gasteiger partial charge on any atom is 0.279 e. The Morgan fingerprint density at radius 3 is 3.15 bits per heavy atom. The number of nitrogens with one attached hydrogen (secondary N) is 1. The molecule has 0 aliphatic carbocycles. The number of aromatic nitrogens is 4. The van der Waals surface area contributed by atoms with Gasteiger partial charge in [-0.3, -0.25) is 4.79 Å². The summed E-state index contributed by atoms with van der Waals surface area (Å²) in [5.41, 5.74) is 0.687. The zero-order valence-corrected chi connectivity index (χ0v) is 7.11. The predicted octanol–water partition coefficient (Wildman–Crippen LogP) is 0.300. The first-order chi connectivity index (χ1) is 6.22. The molecule has 0 saturated heterocycles. The molecule has 2 heterocycles. The Morgan fingerprint density at radius 1 is 1.69 bits per heavy atom. The first-order valence-electron chi connectivity index (χ1n) is 3.76. The van der Waals surface area contributed by atoms with Gasteiger partial charge in [-0.1, -0.05) is 6.58 Å². The molecule has 13 heavy (non-hydrogen) atoms. The van der Waals surface area contributed by atoms with Crippen molar-refractivity contribution >= 4 is 17.2 Å². The van der Waals surface area contributed by atoms with E-state index in [1.807, 2.05) is 0 Å². The molecule has 0 aromatic carbocycles. The lowest BCUT2D eigenvalue weighted by Crippen LogP contribution is -2.10. The van der Waals surface area contributed by atoms with Gasteiger partial charge in [0.2, 0.25) is 0 Å². The predicted molar refractivity (Wildman–Crippen MR) is 49.2 cm³/mol. The van der Waals surface area contributed by atoms with E-state index in [1.54, 1.807) is 17.9 Å². The van der Waals surface area contributed by atoms with Crippen LogP contribution in [-0.4, -0.2) is 19.5 Å². The van der Waals surface area contributed by atoms with Crippen LogP contribution in [0.15, 0.2) is 17.7 Å². The third-order valence-electron chi connectivity index (χ3n) is 1.78. The van der Waals surface area contributed by atoms with E-state index in [0.717, 1.165) is 0 Å². The smallest absolute Gasteiger partial charge is 0.279 e. The highest BCUT2D eigenvalue weighted by molar-refractivity contribution is 5.70. The van der Waals surface area contributed by atoms with Gasteiger partial charge in [0, 0.05) is 7.05 Å². The van der Waals surface area contributed by atoms with Crippen molar-refractivity contribution in [2.24, 2.45) is 7.05 Å². The van der Waals surface area contributed by atoms with Crippen LogP contribution in [0, 0.1) is 0 Å². The van der Waals surface area contributed by atoms with Crippen molar-refractivity contribution in [1.82, 2.24) is 19.5 Å². The van der Waals surface area contributed by atoms with Gasteiger partial charge < -0.3 is 9.55 Å². The maximum atomic E-state index is 11.4. The van der Waals surface area contributed by atoms with E-state index >= 15 is 0 Å². The Labute approximate surface area is 73.8 Å². The van der Waals surface area contributed by atoms with Gasteiger partial charge >= 0.3 is 0 Å². The highest BCUT2D eigenvalue weighted by Gasteiger charge is 2.05. The van der Waals surface area contributed by atoms with Crippen LogP contribution in [0.25, 0.3) is 17.2 Å². The summed E-state index contributed by atoms with van der Waals surface area (Å²) in [5, 5.41) is 0. The van der Waals surface area contributed by atoms with Crippen LogP contribution >= 0.6 is 0 Å². The molecule has 2 aromatic rings. The monoisotopic (exact) mass is 176 g/mol. The second-order valence-electron chi connectivity index (χ2n) is 2.68. The first-order valence-corrected chi connectivity index (χ1v) is 3.76. The molecule has 0 atom stereocenters. The minimum absolute atomic E-state index is 0.236. The molecule has 0 bridgehead atoms. The zero-order valence-electron chi connectivity index (χ0n) is 7.11. The number of aromatic amines is 1.